The molecule has 0 heterocycles. The molecule has 0 aliphatic heterocycles. The smallest absolute Gasteiger partial charge is 0.313 e. The van der Waals surface area contributed by atoms with Crippen LogP contribution in [-0.2, 0) is 14.3 Å². The highest BCUT2D eigenvalue weighted by atomic mass is 16.5. The van der Waals surface area contributed by atoms with Crippen LogP contribution in [0.3, 0.4) is 0 Å². The van der Waals surface area contributed by atoms with Gasteiger partial charge < -0.3 is 15.6 Å². The Hall–Kier alpha value is -3.44. The molecule has 1 unspecified atom stereocenters. The van der Waals surface area contributed by atoms with Crippen molar-refractivity contribution in [2.24, 2.45) is 5.73 Å². The molecule has 0 amide bonds. The maximum Gasteiger partial charge on any atom is 0.313 e. The summed E-state index contributed by atoms with van der Waals surface area (Å²) in [5.74, 6) is -2.00. The molecule has 4 rings (SSSR count). The second-order valence-electron chi connectivity index (χ2n) is 7.91. The van der Waals surface area contributed by atoms with Crippen LogP contribution in [0.2, 0.25) is 0 Å². The van der Waals surface area contributed by atoms with E-state index in [-0.39, 0.29) is 31.3 Å². The summed E-state index contributed by atoms with van der Waals surface area (Å²) in [7, 11) is 0. The van der Waals surface area contributed by atoms with Gasteiger partial charge in [-0.15, -0.1) is 0 Å². The molecular formula is C26H25NO4. The lowest BCUT2D eigenvalue weighted by atomic mass is 9.91. The van der Waals surface area contributed by atoms with Gasteiger partial charge in [-0.25, -0.2) is 0 Å². The minimum absolute atomic E-state index is 0.0273. The highest BCUT2D eigenvalue weighted by Crippen LogP contribution is 2.44. The normalized spacial score (nSPS) is 14.4. The van der Waals surface area contributed by atoms with Crippen molar-refractivity contribution in [3.05, 3.63) is 95.6 Å². The van der Waals surface area contributed by atoms with Crippen molar-refractivity contribution in [3.63, 3.8) is 0 Å². The zero-order valence-electron chi connectivity index (χ0n) is 17.1. The molecule has 31 heavy (non-hydrogen) atoms. The van der Waals surface area contributed by atoms with Crippen LogP contribution in [0.15, 0.2) is 78.9 Å². The molecule has 5 heteroatoms. The Morgan fingerprint density at radius 2 is 1.42 bits per heavy atom. The summed E-state index contributed by atoms with van der Waals surface area (Å²) < 4.78 is 5.82. The fourth-order valence-corrected chi connectivity index (χ4v) is 4.37. The molecule has 0 saturated carbocycles. The molecule has 1 aliphatic rings. The summed E-state index contributed by atoms with van der Waals surface area (Å²) in [5, 5.41) is 9.04. The maximum absolute atomic E-state index is 13.1. The van der Waals surface area contributed by atoms with E-state index in [9.17, 15) is 9.59 Å². The summed E-state index contributed by atoms with van der Waals surface area (Å²) in [6.45, 7) is 0.227. The second kappa shape index (κ2) is 9.14. The number of hydrogen-bond donors (Lipinski definition) is 2. The van der Waals surface area contributed by atoms with Crippen molar-refractivity contribution in [2.75, 3.05) is 6.61 Å². The number of esters is 1. The molecule has 0 radical (unpaired) electrons. The predicted octanol–water partition coefficient (Wildman–Crippen LogP) is 4.32. The first kappa shape index (κ1) is 20.8. The summed E-state index contributed by atoms with van der Waals surface area (Å²) >= 11 is 0. The van der Waals surface area contributed by atoms with E-state index < -0.39 is 17.9 Å². The van der Waals surface area contributed by atoms with Gasteiger partial charge in [0.1, 0.15) is 6.61 Å². The van der Waals surface area contributed by atoms with E-state index in [1.807, 2.05) is 54.6 Å². The number of carbonyl (C=O) groups is 2. The van der Waals surface area contributed by atoms with Gasteiger partial charge in [0.2, 0.25) is 0 Å². The van der Waals surface area contributed by atoms with Crippen LogP contribution < -0.4 is 5.73 Å². The van der Waals surface area contributed by atoms with Gasteiger partial charge in [0, 0.05) is 12.0 Å². The van der Waals surface area contributed by atoms with Crippen molar-refractivity contribution in [2.45, 2.75) is 30.7 Å². The van der Waals surface area contributed by atoms with Crippen molar-refractivity contribution < 1.29 is 19.4 Å². The minimum Gasteiger partial charge on any atom is -0.481 e. The summed E-state index contributed by atoms with van der Waals surface area (Å²) in [4.78, 5) is 24.2. The van der Waals surface area contributed by atoms with Gasteiger partial charge in [-0.3, -0.25) is 9.59 Å². The molecule has 0 aromatic heterocycles. The number of hydrogen-bond acceptors (Lipinski definition) is 4. The number of nitrogens with two attached hydrogens (primary N) is 1. The molecule has 5 nitrogen and oxygen atoms in total. The number of aliphatic carboxylic acids is 1. The average molecular weight is 415 g/mol. The molecule has 158 valence electrons. The SMILES string of the molecule is N[C@@H](CC(=O)O)CC(C(=O)OCC1c2ccccc2-c2ccccc21)c1ccccc1. The van der Waals surface area contributed by atoms with E-state index in [0.29, 0.717) is 0 Å². The molecule has 0 saturated heterocycles. The van der Waals surface area contributed by atoms with Crippen LogP contribution in [0.25, 0.3) is 11.1 Å². The lowest BCUT2D eigenvalue weighted by Gasteiger charge is -2.21. The van der Waals surface area contributed by atoms with E-state index >= 15 is 0 Å². The third-order valence-corrected chi connectivity index (χ3v) is 5.82. The van der Waals surface area contributed by atoms with Crippen LogP contribution >= 0.6 is 0 Å². The van der Waals surface area contributed by atoms with Crippen molar-refractivity contribution in [3.8, 4) is 11.1 Å². The molecule has 3 aromatic carbocycles. The van der Waals surface area contributed by atoms with Crippen LogP contribution in [-0.4, -0.2) is 29.7 Å². The van der Waals surface area contributed by atoms with Crippen LogP contribution in [0.5, 0.6) is 0 Å². The number of rotatable bonds is 8. The Labute approximate surface area is 181 Å². The first-order chi connectivity index (χ1) is 15.0. The molecular weight excluding hydrogens is 390 g/mol. The van der Waals surface area contributed by atoms with E-state index in [1.165, 1.54) is 11.1 Å². The van der Waals surface area contributed by atoms with Crippen molar-refractivity contribution in [1.29, 1.82) is 0 Å². The van der Waals surface area contributed by atoms with Gasteiger partial charge >= 0.3 is 11.9 Å². The number of fused-ring (bicyclic) bond motifs is 3. The quantitative estimate of drug-likeness (QED) is 0.535. The minimum atomic E-state index is -0.980. The van der Waals surface area contributed by atoms with Crippen molar-refractivity contribution >= 4 is 11.9 Å². The zero-order valence-corrected chi connectivity index (χ0v) is 17.1. The van der Waals surface area contributed by atoms with Crippen molar-refractivity contribution in [1.82, 2.24) is 0 Å². The lowest BCUT2D eigenvalue weighted by Crippen LogP contribution is -2.30. The topological polar surface area (TPSA) is 89.6 Å². The number of carboxylic acids is 1. The number of benzene rings is 3. The van der Waals surface area contributed by atoms with Gasteiger partial charge in [-0.05, 0) is 34.2 Å². The highest BCUT2D eigenvalue weighted by Gasteiger charge is 2.31. The van der Waals surface area contributed by atoms with Gasteiger partial charge in [0.05, 0.1) is 12.3 Å². The standard InChI is InChI=1S/C26H25NO4/c27-18(15-25(28)29)14-23(17-8-2-1-3-9-17)26(30)31-16-24-21-12-6-4-10-19(21)20-11-5-7-13-22(20)24/h1-13,18,23-24H,14-16,27H2,(H,28,29)/t18-,23?/m1/s1. The predicted molar refractivity (Wildman–Crippen MR) is 119 cm³/mol. The number of carboxylic acid groups (broad SMARTS) is 1. The Bertz CT molecular complexity index is 1030. The first-order valence-electron chi connectivity index (χ1n) is 10.4. The van der Waals surface area contributed by atoms with Crippen LogP contribution in [0.1, 0.15) is 41.4 Å². The molecule has 0 fully saturated rings. The van der Waals surface area contributed by atoms with Gasteiger partial charge in [-0.2, -0.15) is 0 Å². The van der Waals surface area contributed by atoms with Gasteiger partial charge in [-0.1, -0.05) is 78.9 Å². The summed E-state index contributed by atoms with van der Waals surface area (Å²) in [5.41, 5.74) is 11.4. The second-order valence-corrected chi connectivity index (χ2v) is 7.91. The first-order valence-corrected chi connectivity index (χ1v) is 10.4. The molecule has 3 aromatic rings. The lowest BCUT2D eigenvalue weighted by molar-refractivity contribution is -0.146. The Kier molecular flexibility index (Phi) is 6.14. The maximum atomic E-state index is 13.1. The van der Waals surface area contributed by atoms with E-state index in [4.69, 9.17) is 15.6 Å². The Balaban J connectivity index is 1.53. The van der Waals surface area contributed by atoms with Gasteiger partial charge in [0.15, 0.2) is 0 Å². The van der Waals surface area contributed by atoms with Crippen LogP contribution in [0, 0.1) is 0 Å². The molecule has 0 bridgehead atoms. The van der Waals surface area contributed by atoms with E-state index in [2.05, 4.69) is 24.3 Å². The largest absolute Gasteiger partial charge is 0.481 e. The fourth-order valence-electron chi connectivity index (χ4n) is 4.37. The summed E-state index contributed by atoms with van der Waals surface area (Å²) in [6, 6.07) is 25.0. The number of ether oxygens (including phenoxy) is 1. The van der Waals surface area contributed by atoms with E-state index in [1.54, 1.807) is 0 Å². The monoisotopic (exact) mass is 415 g/mol. The fraction of sp³-hybridized carbons (Fsp3) is 0.231. The number of carbonyl (C=O) groups excluding carboxylic acids is 1. The Morgan fingerprint density at radius 1 is 0.871 bits per heavy atom. The molecule has 3 N–H and O–H groups in total. The van der Waals surface area contributed by atoms with Gasteiger partial charge in [0.25, 0.3) is 0 Å². The van der Waals surface area contributed by atoms with Crippen LogP contribution in [0.4, 0.5) is 0 Å². The zero-order chi connectivity index (χ0) is 21.8. The molecule has 1 aliphatic carbocycles. The molecule has 0 spiro atoms. The summed E-state index contributed by atoms with van der Waals surface area (Å²) in [6.07, 6.45) is 0.0208. The third-order valence-electron chi connectivity index (χ3n) is 5.82. The third kappa shape index (κ3) is 4.52. The van der Waals surface area contributed by atoms with E-state index in [0.717, 1.165) is 16.7 Å². The highest BCUT2D eigenvalue weighted by molar-refractivity contribution is 5.80. The Morgan fingerprint density at radius 3 is 2.00 bits per heavy atom. The average Bonchev–Trinajstić information content (AvgIpc) is 3.10. The molecule has 2 atom stereocenters.